The minimum Gasteiger partial charge on any atom is -0.494 e. The van der Waals surface area contributed by atoms with E-state index in [9.17, 15) is 0 Å². The summed E-state index contributed by atoms with van der Waals surface area (Å²) < 4.78 is 5.45. The third-order valence-electron chi connectivity index (χ3n) is 2.72. The second kappa shape index (κ2) is 7.93. The molecule has 0 atom stereocenters. The molecule has 3 nitrogen and oxygen atoms in total. The summed E-state index contributed by atoms with van der Waals surface area (Å²) in [5.74, 6) is 0.854. The average molecular weight is 266 g/mol. The minimum absolute atomic E-state index is 0.431. The molecule has 1 aromatic carbocycles. The van der Waals surface area contributed by atoms with E-state index in [4.69, 9.17) is 17.0 Å². The maximum atomic E-state index is 5.45. The van der Waals surface area contributed by atoms with Crippen LogP contribution in [0.2, 0.25) is 0 Å². The lowest BCUT2D eigenvalue weighted by atomic mass is 10.2. The van der Waals surface area contributed by atoms with Crippen LogP contribution < -0.4 is 15.4 Å². The van der Waals surface area contributed by atoms with Crippen LogP contribution >= 0.6 is 12.2 Å². The van der Waals surface area contributed by atoms with E-state index in [1.165, 1.54) is 0 Å². The summed E-state index contributed by atoms with van der Waals surface area (Å²) in [4.78, 5) is 0. The van der Waals surface area contributed by atoms with Gasteiger partial charge < -0.3 is 15.4 Å². The Kier molecular flexibility index (Phi) is 6.50. The van der Waals surface area contributed by atoms with Gasteiger partial charge in [0, 0.05) is 17.8 Å². The first-order chi connectivity index (χ1) is 8.69. The predicted octanol–water partition coefficient (Wildman–Crippen LogP) is 3.56. The van der Waals surface area contributed by atoms with E-state index in [2.05, 4.69) is 24.5 Å². The van der Waals surface area contributed by atoms with Crippen molar-refractivity contribution >= 4 is 23.0 Å². The number of anilines is 1. The monoisotopic (exact) mass is 266 g/mol. The van der Waals surface area contributed by atoms with E-state index in [0.717, 1.165) is 24.3 Å². The molecule has 1 rings (SSSR count). The Balaban J connectivity index is 2.55. The number of rotatable bonds is 6. The molecule has 18 heavy (non-hydrogen) atoms. The first-order valence-corrected chi connectivity index (χ1v) is 6.90. The third-order valence-corrected chi connectivity index (χ3v) is 2.94. The van der Waals surface area contributed by atoms with Gasteiger partial charge in [-0.25, -0.2) is 0 Å². The van der Waals surface area contributed by atoms with Crippen molar-refractivity contribution < 1.29 is 4.74 Å². The van der Waals surface area contributed by atoms with Gasteiger partial charge in [0.1, 0.15) is 5.75 Å². The van der Waals surface area contributed by atoms with Gasteiger partial charge in [-0.05, 0) is 44.1 Å². The smallest absolute Gasteiger partial charge is 0.170 e. The van der Waals surface area contributed by atoms with Gasteiger partial charge in [0.2, 0.25) is 0 Å². The molecule has 0 aliphatic carbocycles. The van der Waals surface area contributed by atoms with Crippen molar-refractivity contribution in [2.45, 2.75) is 39.7 Å². The summed E-state index contributed by atoms with van der Waals surface area (Å²) in [6.45, 7) is 6.94. The largest absolute Gasteiger partial charge is 0.494 e. The van der Waals surface area contributed by atoms with Crippen molar-refractivity contribution in [3.8, 4) is 5.75 Å². The van der Waals surface area contributed by atoms with Crippen LogP contribution in [-0.4, -0.2) is 17.8 Å². The molecular formula is C14H22N2OS. The zero-order chi connectivity index (χ0) is 13.4. The fourth-order valence-electron chi connectivity index (χ4n) is 1.68. The molecule has 0 heterocycles. The lowest BCUT2D eigenvalue weighted by Gasteiger charge is -2.18. The SMILES string of the molecule is CCOc1cccc(NC(=S)NC(CC)CC)c1. The average Bonchev–Trinajstić information content (AvgIpc) is 2.36. The van der Waals surface area contributed by atoms with Crippen LogP contribution in [0, 0.1) is 0 Å². The topological polar surface area (TPSA) is 33.3 Å². The standard InChI is InChI=1S/C14H22N2OS/c1-4-11(5-2)15-14(18)16-12-8-7-9-13(10-12)17-6-3/h7-11H,4-6H2,1-3H3,(H2,15,16,18). The Morgan fingerprint density at radius 1 is 1.28 bits per heavy atom. The van der Waals surface area contributed by atoms with Crippen LogP contribution in [0.15, 0.2) is 24.3 Å². The number of hydrogen-bond acceptors (Lipinski definition) is 2. The van der Waals surface area contributed by atoms with Gasteiger partial charge in [-0.15, -0.1) is 0 Å². The Bertz CT molecular complexity index is 378. The Morgan fingerprint density at radius 2 is 2.00 bits per heavy atom. The van der Waals surface area contributed by atoms with Crippen LogP contribution in [0.4, 0.5) is 5.69 Å². The normalized spacial score (nSPS) is 10.2. The van der Waals surface area contributed by atoms with E-state index in [0.29, 0.717) is 17.8 Å². The Morgan fingerprint density at radius 3 is 2.61 bits per heavy atom. The number of thiocarbonyl (C=S) groups is 1. The molecule has 0 amide bonds. The summed E-state index contributed by atoms with van der Waals surface area (Å²) in [5, 5.41) is 7.14. The molecule has 100 valence electrons. The molecule has 0 saturated carbocycles. The predicted molar refractivity (Wildman–Crippen MR) is 81.3 cm³/mol. The van der Waals surface area contributed by atoms with E-state index in [-0.39, 0.29) is 0 Å². The fourth-order valence-corrected chi connectivity index (χ4v) is 1.96. The van der Waals surface area contributed by atoms with E-state index >= 15 is 0 Å². The summed E-state index contributed by atoms with van der Waals surface area (Å²) in [6, 6.07) is 8.24. The highest BCUT2D eigenvalue weighted by atomic mass is 32.1. The molecule has 0 fully saturated rings. The molecule has 0 aromatic heterocycles. The van der Waals surface area contributed by atoms with Gasteiger partial charge in [-0.3, -0.25) is 0 Å². The third kappa shape index (κ3) is 4.92. The number of nitrogens with one attached hydrogen (secondary N) is 2. The molecular weight excluding hydrogens is 244 g/mol. The summed E-state index contributed by atoms with van der Waals surface area (Å²) >= 11 is 5.29. The summed E-state index contributed by atoms with van der Waals surface area (Å²) in [6.07, 6.45) is 2.13. The highest BCUT2D eigenvalue weighted by molar-refractivity contribution is 7.80. The van der Waals surface area contributed by atoms with Crippen LogP contribution in [0.3, 0.4) is 0 Å². The van der Waals surface area contributed by atoms with Crippen LogP contribution in [0.5, 0.6) is 5.75 Å². The molecule has 4 heteroatoms. The van der Waals surface area contributed by atoms with Crippen molar-refractivity contribution in [1.82, 2.24) is 5.32 Å². The Labute approximate surface area is 115 Å². The van der Waals surface area contributed by atoms with Crippen molar-refractivity contribution in [3.63, 3.8) is 0 Å². The van der Waals surface area contributed by atoms with E-state index < -0.39 is 0 Å². The van der Waals surface area contributed by atoms with Crippen molar-refractivity contribution in [2.75, 3.05) is 11.9 Å². The van der Waals surface area contributed by atoms with Gasteiger partial charge in [-0.2, -0.15) is 0 Å². The molecule has 0 saturated heterocycles. The van der Waals surface area contributed by atoms with E-state index in [1.807, 2.05) is 31.2 Å². The lowest BCUT2D eigenvalue weighted by Crippen LogP contribution is -2.36. The summed E-state index contributed by atoms with van der Waals surface area (Å²) in [7, 11) is 0. The first-order valence-electron chi connectivity index (χ1n) is 6.49. The zero-order valence-electron chi connectivity index (χ0n) is 11.3. The molecule has 0 bridgehead atoms. The maximum Gasteiger partial charge on any atom is 0.170 e. The number of ether oxygens (including phenoxy) is 1. The van der Waals surface area contributed by atoms with Gasteiger partial charge in [-0.1, -0.05) is 19.9 Å². The second-order valence-corrected chi connectivity index (χ2v) is 4.48. The molecule has 0 aliphatic rings. The molecule has 1 aromatic rings. The molecule has 0 unspecified atom stereocenters. The Hall–Kier alpha value is -1.29. The highest BCUT2D eigenvalue weighted by Crippen LogP contribution is 2.17. The van der Waals surface area contributed by atoms with Crippen LogP contribution in [-0.2, 0) is 0 Å². The minimum atomic E-state index is 0.431. The number of benzene rings is 1. The molecule has 0 aliphatic heterocycles. The van der Waals surface area contributed by atoms with Crippen molar-refractivity contribution in [1.29, 1.82) is 0 Å². The van der Waals surface area contributed by atoms with Crippen molar-refractivity contribution in [2.24, 2.45) is 0 Å². The van der Waals surface area contributed by atoms with Crippen LogP contribution in [0.1, 0.15) is 33.6 Å². The van der Waals surface area contributed by atoms with Gasteiger partial charge >= 0.3 is 0 Å². The van der Waals surface area contributed by atoms with Gasteiger partial charge in [0.15, 0.2) is 5.11 Å². The quantitative estimate of drug-likeness (QED) is 0.771. The lowest BCUT2D eigenvalue weighted by molar-refractivity contribution is 0.340. The van der Waals surface area contributed by atoms with Gasteiger partial charge in [0.05, 0.1) is 6.61 Å². The highest BCUT2D eigenvalue weighted by Gasteiger charge is 2.05. The van der Waals surface area contributed by atoms with E-state index in [1.54, 1.807) is 0 Å². The second-order valence-electron chi connectivity index (χ2n) is 4.07. The first kappa shape index (κ1) is 14.8. The number of hydrogen-bond donors (Lipinski definition) is 2. The van der Waals surface area contributed by atoms with Crippen LogP contribution in [0.25, 0.3) is 0 Å². The van der Waals surface area contributed by atoms with Gasteiger partial charge in [0.25, 0.3) is 0 Å². The maximum absolute atomic E-state index is 5.45. The molecule has 2 N–H and O–H groups in total. The molecule has 0 radical (unpaired) electrons. The van der Waals surface area contributed by atoms with Crippen molar-refractivity contribution in [3.05, 3.63) is 24.3 Å². The summed E-state index contributed by atoms with van der Waals surface area (Å²) in [5.41, 5.74) is 0.949. The fraction of sp³-hybridized carbons (Fsp3) is 0.500. The zero-order valence-corrected chi connectivity index (χ0v) is 12.1. The molecule has 0 spiro atoms.